The van der Waals surface area contributed by atoms with Crippen molar-refractivity contribution in [3.05, 3.63) is 53.7 Å². The molecule has 0 amide bonds. The third kappa shape index (κ3) is 3.32. The summed E-state index contributed by atoms with van der Waals surface area (Å²) in [6, 6.07) is 12.7. The van der Waals surface area contributed by atoms with Crippen LogP contribution in [0.1, 0.15) is 18.1 Å². The lowest BCUT2D eigenvalue weighted by Crippen LogP contribution is -2.18. The van der Waals surface area contributed by atoms with Crippen molar-refractivity contribution in [1.29, 1.82) is 0 Å². The van der Waals surface area contributed by atoms with Gasteiger partial charge in [-0.05, 0) is 50.7 Å². The zero-order valence-electron chi connectivity index (χ0n) is 11.9. The summed E-state index contributed by atoms with van der Waals surface area (Å²) in [5.41, 5.74) is 3.71. The molecule has 0 saturated heterocycles. The molecule has 2 rings (SSSR count). The maximum Gasteiger partial charge on any atom is 0.133 e. The Morgan fingerprint density at radius 2 is 1.89 bits per heavy atom. The molecule has 0 aliphatic rings. The highest BCUT2D eigenvalue weighted by molar-refractivity contribution is 5.60. The van der Waals surface area contributed by atoms with Gasteiger partial charge >= 0.3 is 0 Å². The molecule has 0 spiro atoms. The zero-order valence-corrected chi connectivity index (χ0v) is 11.9. The van der Waals surface area contributed by atoms with Crippen LogP contribution in [0.25, 0.3) is 0 Å². The van der Waals surface area contributed by atoms with Crippen molar-refractivity contribution < 1.29 is 0 Å². The van der Waals surface area contributed by atoms with Crippen molar-refractivity contribution in [3.8, 4) is 0 Å². The van der Waals surface area contributed by atoms with E-state index in [1.54, 1.807) is 0 Å². The summed E-state index contributed by atoms with van der Waals surface area (Å²) < 4.78 is 0. The van der Waals surface area contributed by atoms with E-state index in [9.17, 15) is 0 Å². The van der Waals surface area contributed by atoms with Crippen LogP contribution in [0.4, 0.5) is 11.5 Å². The maximum atomic E-state index is 4.49. The number of hydrogen-bond acceptors (Lipinski definition) is 3. The van der Waals surface area contributed by atoms with Crippen molar-refractivity contribution in [1.82, 2.24) is 10.3 Å². The van der Waals surface area contributed by atoms with Crippen LogP contribution in [-0.4, -0.2) is 18.6 Å². The van der Waals surface area contributed by atoms with Gasteiger partial charge < -0.3 is 10.2 Å². The van der Waals surface area contributed by atoms with E-state index in [1.807, 2.05) is 19.3 Å². The Bertz CT molecular complexity index is 520. The van der Waals surface area contributed by atoms with E-state index in [0.717, 1.165) is 18.9 Å². The van der Waals surface area contributed by atoms with Gasteiger partial charge in [-0.25, -0.2) is 4.98 Å². The first kappa shape index (κ1) is 13.6. The molecular weight excluding hydrogens is 234 g/mol. The molecular formula is C16H21N3. The highest BCUT2D eigenvalue weighted by Gasteiger charge is 2.08. The quantitative estimate of drug-likeness (QED) is 0.888. The minimum absolute atomic E-state index is 0.862. The molecule has 3 nitrogen and oxygen atoms in total. The number of aromatic nitrogens is 1. The third-order valence-electron chi connectivity index (χ3n) is 3.13. The topological polar surface area (TPSA) is 28.2 Å². The molecule has 1 N–H and O–H groups in total. The number of aryl methyl sites for hydroxylation is 1. The lowest BCUT2D eigenvalue weighted by molar-refractivity contribution is 0.814. The molecule has 1 aromatic carbocycles. The predicted octanol–water partition coefficient (Wildman–Crippen LogP) is 3.27. The fourth-order valence-electron chi connectivity index (χ4n) is 2.12. The van der Waals surface area contributed by atoms with E-state index < -0.39 is 0 Å². The second-order valence-corrected chi connectivity index (χ2v) is 4.63. The first-order valence-corrected chi connectivity index (χ1v) is 6.68. The van der Waals surface area contributed by atoms with Crippen LogP contribution < -0.4 is 10.2 Å². The highest BCUT2D eigenvalue weighted by Crippen LogP contribution is 2.24. The molecule has 3 heteroatoms. The SMILES string of the molecule is CCN(c1ccc(C)cc1)c1cc(CNC)ccn1. The molecule has 0 bridgehead atoms. The van der Waals surface area contributed by atoms with Gasteiger partial charge in [0, 0.05) is 25.0 Å². The van der Waals surface area contributed by atoms with Crippen LogP contribution in [-0.2, 0) is 6.54 Å². The van der Waals surface area contributed by atoms with Crippen molar-refractivity contribution in [3.63, 3.8) is 0 Å². The smallest absolute Gasteiger partial charge is 0.133 e. The molecule has 0 saturated carbocycles. The van der Waals surface area contributed by atoms with E-state index in [1.165, 1.54) is 16.8 Å². The zero-order chi connectivity index (χ0) is 13.7. The summed E-state index contributed by atoms with van der Waals surface area (Å²) in [7, 11) is 1.96. The number of hydrogen-bond donors (Lipinski definition) is 1. The molecule has 19 heavy (non-hydrogen) atoms. The predicted molar refractivity (Wildman–Crippen MR) is 80.9 cm³/mol. The number of benzene rings is 1. The van der Waals surface area contributed by atoms with Crippen LogP contribution in [0.2, 0.25) is 0 Å². The molecule has 0 unspecified atom stereocenters. The van der Waals surface area contributed by atoms with E-state index in [2.05, 4.69) is 59.4 Å². The standard InChI is InChI=1S/C16H21N3/c1-4-19(15-7-5-13(2)6-8-15)16-11-14(12-17-3)9-10-18-16/h5-11,17H,4,12H2,1-3H3. The molecule has 0 aliphatic carbocycles. The average Bonchev–Trinajstić information content (AvgIpc) is 2.43. The molecule has 0 radical (unpaired) electrons. The molecule has 100 valence electrons. The van der Waals surface area contributed by atoms with Gasteiger partial charge in [-0.15, -0.1) is 0 Å². The lowest BCUT2D eigenvalue weighted by Gasteiger charge is -2.22. The fourth-order valence-corrected chi connectivity index (χ4v) is 2.12. The summed E-state index contributed by atoms with van der Waals surface area (Å²) >= 11 is 0. The second kappa shape index (κ2) is 6.34. The summed E-state index contributed by atoms with van der Waals surface area (Å²) in [5, 5.41) is 3.17. The minimum Gasteiger partial charge on any atom is -0.327 e. The van der Waals surface area contributed by atoms with Gasteiger partial charge in [0.2, 0.25) is 0 Å². The van der Waals surface area contributed by atoms with Crippen molar-refractivity contribution >= 4 is 11.5 Å². The molecule has 2 aromatic rings. The van der Waals surface area contributed by atoms with Gasteiger partial charge in [0.05, 0.1) is 0 Å². The molecule has 0 fully saturated rings. The minimum atomic E-state index is 0.862. The van der Waals surface area contributed by atoms with E-state index in [-0.39, 0.29) is 0 Å². The first-order valence-electron chi connectivity index (χ1n) is 6.68. The van der Waals surface area contributed by atoms with Gasteiger partial charge in [-0.1, -0.05) is 17.7 Å². The maximum absolute atomic E-state index is 4.49. The first-order chi connectivity index (χ1) is 9.24. The Balaban J connectivity index is 2.30. The van der Waals surface area contributed by atoms with E-state index >= 15 is 0 Å². The fraction of sp³-hybridized carbons (Fsp3) is 0.312. The summed E-state index contributed by atoms with van der Waals surface area (Å²) in [6.45, 7) is 6.01. The van der Waals surface area contributed by atoms with Gasteiger partial charge in [0.25, 0.3) is 0 Å². The normalized spacial score (nSPS) is 10.5. The van der Waals surface area contributed by atoms with E-state index in [0.29, 0.717) is 0 Å². The average molecular weight is 255 g/mol. The Morgan fingerprint density at radius 1 is 1.16 bits per heavy atom. The van der Waals surface area contributed by atoms with Gasteiger partial charge in [-0.3, -0.25) is 0 Å². The van der Waals surface area contributed by atoms with Gasteiger partial charge in [0.15, 0.2) is 0 Å². The number of nitrogens with one attached hydrogen (secondary N) is 1. The Kier molecular flexibility index (Phi) is 4.53. The van der Waals surface area contributed by atoms with E-state index in [4.69, 9.17) is 0 Å². The summed E-state index contributed by atoms with van der Waals surface area (Å²) in [6.07, 6.45) is 1.87. The molecule has 1 heterocycles. The van der Waals surface area contributed by atoms with Crippen LogP contribution in [0, 0.1) is 6.92 Å². The van der Waals surface area contributed by atoms with Crippen LogP contribution in [0.5, 0.6) is 0 Å². The van der Waals surface area contributed by atoms with Crippen molar-refractivity contribution in [2.75, 3.05) is 18.5 Å². The lowest BCUT2D eigenvalue weighted by atomic mass is 10.2. The Morgan fingerprint density at radius 3 is 2.53 bits per heavy atom. The van der Waals surface area contributed by atoms with Gasteiger partial charge in [-0.2, -0.15) is 0 Å². The summed E-state index contributed by atoms with van der Waals surface area (Å²) in [5.74, 6) is 0.999. The number of pyridine rings is 1. The number of nitrogens with zero attached hydrogens (tertiary/aromatic N) is 2. The highest BCUT2D eigenvalue weighted by atomic mass is 15.2. The van der Waals surface area contributed by atoms with Crippen molar-refractivity contribution in [2.45, 2.75) is 20.4 Å². The van der Waals surface area contributed by atoms with Crippen molar-refractivity contribution in [2.24, 2.45) is 0 Å². The largest absolute Gasteiger partial charge is 0.327 e. The summed E-state index contributed by atoms with van der Waals surface area (Å²) in [4.78, 5) is 6.71. The number of anilines is 2. The van der Waals surface area contributed by atoms with Gasteiger partial charge in [0.1, 0.15) is 5.82 Å². The Hall–Kier alpha value is -1.87. The second-order valence-electron chi connectivity index (χ2n) is 4.63. The monoisotopic (exact) mass is 255 g/mol. The molecule has 0 aliphatic heterocycles. The Labute approximate surface area is 115 Å². The van der Waals surface area contributed by atoms with Crippen LogP contribution in [0.15, 0.2) is 42.6 Å². The third-order valence-corrected chi connectivity index (χ3v) is 3.13. The number of rotatable bonds is 5. The van der Waals surface area contributed by atoms with Crippen LogP contribution >= 0.6 is 0 Å². The molecule has 0 atom stereocenters. The molecule has 1 aromatic heterocycles. The van der Waals surface area contributed by atoms with Crippen LogP contribution in [0.3, 0.4) is 0 Å².